The monoisotopic (exact) mass is 310 g/mol. The van der Waals surface area contributed by atoms with Crippen molar-refractivity contribution in [3.05, 3.63) is 66.7 Å². The number of amides is 1. The summed E-state index contributed by atoms with van der Waals surface area (Å²) in [6, 6.07) is 15.1. The van der Waals surface area contributed by atoms with Crippen molar-refractivity contribution in [1.29, 1.82) is 0 Å². The predicted molar refractivity (Wildman–Crippen MR) is 94.0 cm³/mol. The van der Waals surface area contributed by atoms with Crippen molar-refractivity contribution in [2.45, 2.75) is 19.9 Å². The lowest BCUT2D eigenvalue weighted by atomic mass is 10.2. The first-order valence-corrected chi connectivity index (χ1v) is 7.58. The largest absolute Gasteiger partial charge is 0.457 e. The fourth-order valence-corrected chi connectivity index (χ4v) is 2.08. The van der Waals surface area contributed by atoms with Crippen LogP contribution in [0.3, 0.4) is 0 Å². The Hall–Kier alpha value is -2.75. The molecule has 0 fully saturated rings. The maximum atomic E-state index is 11.8. The highest BCUT2D eigenvalue weighted by Gasteiger charge is 2.11. The van der Waals surface area contributed by atoms with Gasteiger partial charge in [0.25, 0.3) is 0 Å². The number of hydrogen-bond donors (Lipinski definition) is 2. The van der Waals surface area contributed by atoms with E-state index in [1.165, 1.54) is 0 Å². The summed E-state index contributed by atoms with van der Waals surface area (Å²) < 4.78 is 5.80. The lowest BCUT2D eigenvalue weighted by Crippen LogP contribution is -2.37. The highest BCUT2D eigenvalue weighted by Crippen LogP contribution is 2.23. The summed E-state index contributed by atoms with van der Waals surface area (Å²) in [4.78, 5) is 11.8. The Morgan fingerprint density at radius 3 is 2.61 bits per heavy atom. The predicted octanol–water partition coefficient (Wildman–Crippen LogP) is 3.89. The average Bonchev–Trinajstić information content (AvgIpc) is 2.54. The van der Waals surface area contributed by atoms with Gasteiger partial charge in [-0.05, 0) is 55.8 Å². The molecular weight excluding hydrogens is 288 g/mol. The molecule has 0 saturated carbocycles. The van der Waals surface area contributed by atoms with Crippen LogP contribution in [0.1, 0.15) is 12.5 Å². The van der Waals surface area contributed by atoms with Crippen LogP contribution in [0.5, 0.6) is 11.5 Å². The molecule has 0 radical (unpaired) electrons. The van der Waals surface area contributed by atoms with Gasteiger partial charge in [0.05, 0.1) is 0 Å². The molecule has 2 rings (SSSR count). The first-order chi connectivity index (χ1) is 11.1. The van der Waals surface area contributed by atoms with Gasteiger partial charge in [-0.3, -0.25) is 4.79 Å². The summed E-state index contributed by atoms with van der Waals surface area (Å²) in [6.45, 7) is 7.88. The zero-order valence-corrected chi connectivity index (χ0v) is 13.5. The van der Waals surface area contributed by atoms with E-state index in [1.54, 1.807) is 6.08 Å². The zero-order valence-electron chi connectivity index (χ0n) is 13.5. The fraction of sp³-hybridized carbons (Fsp3) is 0.211. The fourth-order valence-electron chi connectivity index (χ4n) is 2.08. The molecule has 0 spiro atoms. The van der Waals surface area contributed by atoms with Crippen LogP contribution in [0.2, 0.25) is 0 Å². The standard InChI is InChI=1S/C19H22N2O2/c1-4-12-20-19(22)15(3)21-16-8-10-17(11-9-16)23-18-7-5-6-14(2)13-18/h4-11,13,15,21H,1,12H2,2-3H3,(H,20,22). The van der Waals surface area contributed by atoms with Crippen molar-refractivity contribution in [2.24, 2.45) is 0 Å². The van der Waals surface area contributed by atoms with Crippen LogP contribution < -0.4 is 15.4 Å². The van der Waals surface area contributed by atoms with Gasteiger partial charge >= 0.3 is 0 Å². The third-order valence-electron chi connectivity index (χ3n) is 3.28. The van der Waals surface area contributed by atoms with Crippen LogP contribution in [-0.4, -0.2) is 18.5 Å². The van der Waals surface area contributed by atoms with Gasteiger partial charge < -0.3 is 15.4 Å². The van der Waals surface area contributed by atoms with Gasteiger partial charge in [0, 0.05) is 12.2 Å². The van der Waals surface area contributed by atoms with E-state index < -0.39 is 0 Å². The van der Waals surface area contributed by atoms with Crippen LogP contribution in [0.4, 0.5) is 5.69 Å². The van der Waals surface area contributed by atoms with Crippen molar-refractivity contribution in [2.75, 3.05) is 11.9 Å². The van der Waals surface area contributed by atoms with E-state index in [-0.39, 0.29) is 11.9 Å². The number of benzene rings is 2. The van der Waals surface area contributed by atoms with Crippen molar-refractivity contribution in [3.63, 3.8) is 0 Å². The molecule has 0 aliphatic heterocycles. The molecule has 1 unspecified atom stereocenters. The smallest absolute Gasteiger partial charge is 0.242 e. The molecule has 0 aliphatic rings. The summed E-state index contributed by atoms with van der Waals surface area (Å²) in [6.07, 6.45) is 1.65. The summed E-state index contributed by atoms with van der Waals surface area (Å²) in [7, 11) is 0. The van der Waals surface area contributed by atoms with Gasteiger partial charge in [0.1, 0.15) is 17.5 Å². The van der Waals surface area contributed by atoms with Crippen LogP contribution in [0, 0.1) is 6.92 Å². The van der Waals surface area contributed by atoms with Crippen molar-refractivity contribution < 1.29 is 9.53 Å². The first-order valence-electron chi connectivity index (χ1n) is 7.58. The van der Waals surface area contributed by atoms with E-state index >= 15 is 0 Å². The average molecular weight is 310 g/mol. The third kappa shape index (κ3) is 5.18. The van der Waals surface area contributed by atoms with Gasteiger partial charge in [-0.1, -0.05) is 18.2 Å². The van der Waals surface area contributed by atoms with Gasteiger partial charge in [0.2, 0.25) is 5.91 Å². The van der Waals surface area contributed by atoms with E-state index in [0.717, 1.165) is 22.7 Å². The highest BCUT2D eigenvalue weighted by molar-refractivity contribution is 5.84. The zero-order chi connectivity index (χ0) is 16.7. The number of carbonyl (C=O) groups is 1. The third-order valence-corrected chi connectivity index (χ3v) is 3.28. The van der Waals surface area contributed by atoms with Crippen LogP contribution in [0.15, 0.2) is 61.2 Å². The number of rotatable bonds is 7. The van der Waals surface area contributed by atoms with Crippen molar-refractivity contribution in [1.82, 2.24) is 5.32 Å². The minimum Gasteiger partial charge on any atom is -0.457 e. The Balaban J connectivity index is 1.94. The molecular formula is C19H22N2O2. The quantitative estimate of drug-likeness (QED) is 0.763. The van der Waals surface area contributed by atoms with E-state index in [4.69, 9.17) is 4.74 Å². The van der Waals surface area contributed by atoms with Crippen molar-refractivity contribution >= 4 is 11.6 Å². The Morgan fingerprint density at radius 2 is 1.96 bits per heavy atom. The molecule has 1 atom stereocenters. The maximum Gasteiger partial charge on any atom is 0.242 e. The molecule has 23 heavy (non-hydrogen) atoms. The molecule has 2 N–H and O–H groups in total. The number of anilines is 1. The number of hydrogen-bond acceptors (Lipinski definition) is 3. The number of nitrogens with one attached hydrogen (secondary N) is 2. The van der Waals surface area contributed by atoms with Gasteiger partial charge in [-0.15, -0.1) is 6.58 Å². The number of aryl methyl sites for hydroxylation is 1. The molecule has 4 heteroatoms. The second-order valence-electron chi connectivity index (χ2n) is 5.34. The first kappa shape index (κ1) is 16.6. The van der Waals surface area contributed by atoms with E-state index in [1.807, 2.05) is 62.4 Å². The topological polar surface area (TPSA) is 50.4 Å². The lowest BCUT2D eigenvalue weighted by Gasteiger charge is -2.15. The van der Waals surface area contributed by atoms with Gasteiger partial charge in [0.15, 0.2) is 0 Å². The van der Waals surface area contributed by atoms with Gasteiger partial charge in [-0.25, -0.2) is 0 Å². The molecule has 0 saturated heterocycles. The summed E-state index contributed by atoms with van der Waals surface area (Å²) >= 11 is 0. The SMILES string of the molecule is C=CCNC(=O)C(C)Nc1ccc(Oc2cccc(C)c2)cc1. The van der Waals surface area contributed by atoms with E-state index in [9.17, 15) is 4.79 Å². The van der Waals surface area contributed by atoms with Gasteiger partial charge in [-0.2, -0.15) is 0 Å². The second-order valence-corrected chi connectivity index (χ2v) is 5.34. The molecule has 1 amide bonds. The normalized spacial score (nSPS) is 11.4. The Kier molecular flexibility index (Phi) is 5.80. The minimum absolute atomic E-state index is 0.0648. The Morgan fingerprint density at radius 1 is 1.22 bits per heavy atom. The summed E-state index contributed by atoms with van der Waals surface area (Å²) in [5.41, 5.74) is 2.02. The van der Waals surface area contributed by atoms with Crippen LogP contribution >= 0.6 is 0 Å². The van der Waals surface area contributed by atoms with E-state index in [2.05, 4.69) is 17.2 Å². The Bertz CT molecular complexity index is 665. The molecule has 0 aliphatic carbocycles. The number of carbonyl (C=O) groups excluding carboxylic acids is 1. The molecule has 2 aromatic carbocycles. The van der Waals surface area contributed by atoms with Crippen LogP contribution in [-0.2, 0) is 4.79 Å². The van der Waals surface area contributed by atoms with E-state index in [0.29, 0.717) is 6.54 Å². The molecule has 120 valence electrons. The lowest BCUT2D eigenvalue weighted by molar-refractivity contribution is -0.121. The molecule has 0 aromatic heterocycles. The van der Waals surface area contributed by atoms with Crippen molar-refractivity contribution in [3.8, 4) is 11.5 Å². The molecule has 2 aromatic rings. The summed E-state index contributed by atoms with van der Waals surface area (Å²) in [5, 5.41) is 5.91. The summed E-state index contributed by atoms with van der Waals surface area (Å²) in [5.74, 6) is 1.50. The van der Waals surface area contributed by atoms with Crippen LogP contribution in [0.25, 0.3) is 0 Å². The molecule has 0 bridgehead atoms. The highest BCUT2D eigenvalue weighted by atomic mass is 16.5. The second kappa shape index (κ2) is 8.03. The molecule has 0 heterocycles. The minimum atomic E-state index is -0.321. The maximum absolute atomic E-state index is 11.8. The Labute approximate surface area is 137 Å². The molecule has 4 nitrogen and oxygen atoms in total. The number of ether oxygens (including phenoxy) is 1.